The molecular weight excluding hydrogens is 242 g/mol. The van der Waals surface area contributed by atoms with Gasteiger partial charge in [-0.15, -0.1) is 11.3 Å². The molecule has 0 aromatic carbocycles. The lowest BCUT2D eigenvalue weighted by Gasteiger charge is -2.17. The Balaban J connectivity index is 2.47. The van der Waals surface area contributed by atoms with Crippen LogP contribution in [0.2, 0.25) is 0 Å². The van der Waals surface area contributed by atoms with Crippen LogP contribution in [0.3, 0.4) is 0 Å². The van der Waals surface area contributed by atoms with Crippen molar-refractivity contribution < 1.29 is 0 Å². The molecule has 0 radical (unpaired) electrons. The van der Waals surface area contributed by atoms with Crippen molar-refractivity contribution >= 4 is 11.3 Å². The van der Waals surface area contributed by atoms with Crippen molar-refractivity contribution in [2.24, 2.45) is 7.05 Å². The molecule has 4 heteroatoms. The molecule has 0 spiro atoms. The normalized spacial score (nSPS) is 12.9. The second kappa shape index (κ2) is 5.24. The van der Waals surface area contributed by atoms with Gasteiger partial charge in [0, 0.05) is 23.2 Å². The summed E-state index contributed by atoms with van der Waals surface area (Å²) in [4.78, 5) is 1.35. The van der Waals surface area contributed by atoms with Crippen molar-refractivity contribution in [3.05, 3.63) is 38.8 Å². The molecule has 0 saturated heterocycles. The van der Waals surface area contributed by atoms with Gasteiger partial charge < -0.3 is 5.32 Å². The van der Waals surface area contributed by atoms with Crippen LogP contribution in [0, 0.1) is 20.8 Å². The van der Waals surface area contributed by atoms with Crippen LogP contribution in [0.25, 0.3) is 0 Å². The van der Waals surface area contributed by atoms with Crippen molar-refractivity contribution in [2.45, 2.75) is 33.7 Å². The first-order chi connectivity index (χ1) is 8.54. The molecule has 0 amide bonds. The minimum atomic E-state index is 0.258. The van der Waals surface area contributed by atoms with E-state index >= 15 is 0 Å². The van der Waals surface area contributed by atoms with Gasteiger partial charge in [-0.3, -0.25) is 4.68 Å². The molecule has 2 rings (SSSR count). The molecule has 1 atom stereocenters. The summed E-state index contributed by atoms with van der Waals surface area (Å²) in [5, 5.41) is 10.3. The Morgan fingerprint density at radius 2 is 2.11 bits per heavy atom. The Morgan fingerprint density at radius 3 is 2.56 bits per heavy atom. The smallest absolute Gasteiger partial charge is 0.0647 e. The summed E-state index contributed by atoms with van der Waals surface area (Å²) in [5.74, 6) is 0. The highest BCUT2D eigenvalue weighted by Gasteiger charge is 2.21. The number of aryl methyl sites for hydroxylation is 3. The third-order valence-electron chi connectivity index (χ3n) is 3.35. The van der Waals surface area contributed by atoms with E-state index in [4.69, 9.17) is 0 Å². The lowest BCUT2D eigenvalue weighted by Crippen LogP contribution is -2.22. The van der Waals surface area contributed by atoms with E-state index < -0.39 is 0 Å². The third-order valence-corrected chi connectivity index (χ3v) is 4.23. The largest absolute Gasteiger partial charge is 0.306 e. The Kier molecular flexibility index (Phi) is 3.88. The average Bonchev–Trinajstić information content (AvgIpc) is 2.83. The summed E-state index contributed by atoms with van der Waals surface area (Å²) in [5.41, 5.74) is 5.02. The maximum Gasteiger partial charge on any atom is 0.0647 e. The minimum absolute atomic E-state index is 0.258. The van der Waals surface area contributed by atoms with Crippen molar-refractivity contribution in [2.75, 3.05) is 6.54 Å². The van der Waals surface area contributed by atoms with Gasteiger partial charge in [0.25, 0.3) is 0 Å². The number of hydrogen-bond acceptors (Lipinski definition) is 3. The maximum atomic E-state index is 4.53. The van der Waals surface area contributed by atoms with Crippen LogP contribution in [-0.2, 0) is 7.05 Å². The van der Waals surface area contributed by atoms with Crippen molar-refractivity contribution in [1.29, 1.82) is 0 Å². The molecule has 0 bridgehead atoms. The number of hydrogen-bond donors (Lipinski definition) is 1. The van der Waals surface area contributed by atoms with Crippen LogP contribution in [0.1, 0.15) is 40.4 Å². The summed E-state index contributed by atoms with van der Waals surface area (Å²) in [6.45, 7) is 9.48. The van der Waals surface area contributed by atoms with Gasteiger partial charge >= 0.3 is 0 Å². The standard InChI is InChI=1S/C14H21N3S/c1-6-15-14(12-7-9(2)18-8-12)13-10(3)16-17(5)11(13)4/h7-8,14-15H,6H2,1-5H3. The van der Waals surface area contributed by atoms with E-state index in [0.717, 1.165) is 12.2 Å². The molecule has 98 valence electrons. The average molecular weight is 263 g/mol. The Labute approximate surface area is 113 Å². The van der Waals surface area contributed by atoms with Crippen molar-refractivity contribution in [3.8, 4) is 0 Å². The van der Waals surface area contributed by atoms with Crippen LogP contribution < -0.4 is 5.32 Å². The summed E-state index contributed by atoms with van der Waals surface area (Å²) < 4.78 is 1.97. The summed E-state index contributed by atoms with van der Waals surface area (Å²) in [6, 6.07) is 2.53. The fraction of sp³-hybridized carbons (Fsp3) is 0.500. The predicted molar refractivity (Wildman–Crippen MR) is 77.3 cm³/mol. The van der Waals surface area contributed by atoms with Crippen molar-refractivity contribution in [3.63, 3.8) is 0 Å². The van der Waals surface area contributed by atoms with E-state index in [1.807, 2.05) is 11.7 Å². The molecule has 0 aliphatic heterocycles. The van der Waals surface area contributed by atoms with Crippen LogP contribution in [0.15, 0.2) is 11.4 Å². The van der Waals surface area contributed by atoms with Gasteiger partial charge in [-0.05, 0) is 44.3 Å². The molecule has 3 nitrogen and oxygen atoms in total. The summed E-state index contributed by atoms with van der Waals surface area (Å²) in [7, 11) is 2.01. The lowest BCUT2D eigenvalue weighted by molar-refractivity contribution is 0.624. The van der Waals surface area contributed by atoms with E-state index in [2.05, 4.69) is 49.6 Å². The van der Waals surface area contributed by atoms with E-state index in [0.29, 0.717) is 0 Å². The quantitative estimate of drug-likeness (QED) is 0.918. The second-order valence-electron chi connectivity index (χ2n) is 4.69. The van der Waals surface area contributed by atoms with Gasteiger partial charge in [-0.2, -0.15) is 5.10 Å². The van der Waals surface area contributed by atoms with Crippen molar-refractivity contribution in [1.82, 2.24) is 15.1 Å². The molecular formula is C14H21N3S. The molecule has 1 N–H and O–H groups in total. The molecule has 2 aromatic rings. The Bertz CT molecular complexity index is 539. The summed E-state index contributed by atoms with van der Waals surface area (Å²) in [6.07, 6.45) is 0. The molecule has 0 aliphatic carbocycles. The predicted octanol–water partition coefficient (Wildman–Crippen LogP) is 3.11. The van der Waals surface area contributed by atoms with E-state index in [9.17, 15) is 0 Å². The van der Waals surface area contributed by atoms with Crippen LogP contribution in [0.5, 0.6) is 0 Å². The van der Waals surface area contributed by atoms with Crippen LogP contribution >= 0.6 is 11.3 Å². The number of nitrogens with one attached hydrogen (secondary N) is 1. The molecule has 2 aromatic heterocycles. The highest BCUT2D eigenvalue weighted by atomic mass is 32.1. The minimum Gasteiger partial charge on any atom is -0.306 e. The Hall–Kier alpha value is -1.13. The number of rotatable bonds is 4. The van der Waals surface area contributed by atoms with E-state index in [1.54, 1.807) is 11.3 Å². The molecule has 0 fully saturated rings. The van der Waals surface area contributed by atoms with Gasteiger partial charge in [0.05, 0.1) is 11.7 Å². The highest BCUT2D eigenvalue weighted by Crippen LogP contribution is 2.30. The SMILES string of the molecule is CCNC(c1csc(C)c1)c1c(C)nn(C)c1C. The Morgan fingerprint density at radius 1 is 1.39 bits per heavy atom. The van der Waals surface area contributed by atoms with Gasteiger partial charge in [0.15, 0.2) is 0 Å². The molecule has 18 heavy (non-hydrogen) atoms. The topological polar surface area (TPSA) is 29.9 Å². The van der Waals surface area contributed by atoms with Gasteiger partial charge in [0.2, 0.25) is 0 Å². The lowest BCUT2D eigenvalue weighted by atomic mass is 9.99. The third kappa shape index (κ3) is 2.35. The van der Waals surface area contributed by atoms with Crippen LogP contribution in [-0.4, -0.2) is 16.3 Å². The first kappa shape index (κ1) is 13.3. The zero-order chi connectivity index (χ0) is 13.3. The fourth-order valence-electron chi connectivity index (χ4n) is 2.41. The summed E-state index contributed by atoms with van der Waals surface area (Å²) >= 11 is 1.80. The monoisotopic (exact) mass is 263 g/mol. The first-order valence-corrected chi connectivity index (χ1v) is 7.21. The van der Waals surface area contributed by atoms with E-state index in [-0.39, 0.29) is 6.04 Å². The van der Waals surface area contributed by atoms with Gasteiger partial charge in [-0.1, -0.05) is 6.92 Å². The molecule has 1 unspecified atom stereocenters. The van der Waals surface area contributed by atoms with Gasteiger partial charge in [-0.25, -0.2) is 0 Å². The fourth-order valence-corrected chi connectivity index (χ4v) is 3.14. The number of thiophene rings is 1. The first-order valence-electron chi connectivity index (χ1n) is 6.33. The van der Waals surface area contributed by atoms with Gasteiger partial charge in [0.1, 0.15) is 0 Å². The molecule has 2 heterocycles. The number of aromatic nitrogens is 2. The van der Waals surface area contributed by atoms with E-state index in [1.165, 1.54) is 21.7 Å². The molecule has 0 aliphatic rings. The van der Waals surface area contributed by atoms with Crippen LogP contribution in [0.4, 0.5) is 0 Å². The molecule has 0 saturated carbocycles. The second-order valence-corrected chi connectivity index (χ2v) is 5.80. The number of nitrogens with zero attached hydrogens (tertiary/aromatic N) is 2. The highest BCUT2D eigenvalue weighted by molar-refractivity contribution is 7.10. The zero-order valence-electron chi connectivity index (χ0n) is 11.7. The zero-order valence-corrected chi connectivity index (χ0v) is 12.6. The maximum absolute atomic E-state index is 4.53.